The van der Waals surface area contributed by atoms with E-state index in [1.54, 1.807) is 6.20 Å². The maximum absolute atomic E-state index is 12.9. The van der Waals surface area contributed by atoms with Crippen molar-refractivity contribution < 1.29 is 0 Å². The van der Waals surface area contributed by atoms with Crippen molar-refractivity contribution in [3.05, 3.63) is 40.1 Å². The Balaban J connectivity index is 1.87. The predicted molar refractivity (Wildman–Crippen MR) is 101 cm³/mol. The van der Waals surface area contributed by atoms with Crippen molar-refractivity contribution in [2.45, 2.75) is 38.6 Å². The average Bonchev–Trinajstić information content (AvgIpc) is 3.29. The SMILES string of the molecule is CC(C)c1c(-c2cnn(C3CCSCC3)c2)[nH]c2c(C#N)cnn2c1=O. The molecule has 3 aromatic rings. The number of nitriles is 1. The molecule has 134 valence electrons. The van der Waals surface area contributed by atoms with Crippen molar-refractivity contribution in [1.29, 1.82) is 5.26 Å². The molecule has 0 bridgehead atoms. The molecule has 1 aliphatic heterocycles. The van der Waals surface area contributed by atoms with Gasteiger partial charge in [-0.2, -0.15) is 31.7 Å². The normalized spacial score (nSPS) is 15.6. The summed E-state index contributed by atoms with van der Waals surface area (Å²) < 4.78 is 3.30. The maximum Gasteiger partial charge on any atom is 0.278 e. The van der Waals surface area contributed by atoms with Gasteiger partial charge >= 0.3 is 0 Å². The van der Waals surface area contributed by atoms with Gasteiger partial charge in [-0.1, -0.05) is 13.8 Å². The third-order valence-electron chi connectivity index (χ3n) is 4.86. The molecule has 0 saturated carbocycles. The van der Waals surface area contributed by atoms with E-state index in [9.17, 15) is 10.1 Å². The summed E-state index contributed by atoms with van der Waals surface area (Å²) in [6, 6.07) is 2.49. The van der Waals surface area contributed by atoms with Crippen LogP contribution in [0.1, 0.15) is 49.8 Å². The molecule has 8 heteroatoms. The van der Waals surface area contributed by atoms with Gasteiger partial charge in [0.2, 0.25) is 0 Å². The fraction of sp³-hybridized carbons (Fsp3) is 0.444. The highest BCUT2D eigenvalue weighted by molar-refractivity contribution is 7.99. The molecule has 26 heavy (non-hydrogen) atoms. The zero-order valence-corrected chi connectivity index (χ0v) is 15.6. The minimum absolute atomic E-state index is 0.0160. The van der Waals surface area contributed by atoms with Gasteiger partial charge in [-0.05, 0) is 30.3 Å². The van der Waals surface area contributed by atoms with Gasteiger partial charge in [0.15, 0.2) is 5.65 Å². The zero-order chi connectivity index (χ0) is 18.3. The highest BCUT2D eigenvalue weighted by atomic mass is 32.2. The van der Waals surface area contributed by atoms with Crippen LogP contribution < -0.4 is 5.56 Å². The first kappa shape index (κ1) is 16.9. The molecule has 1 fully saturated rings. The topological polar surface area (TPSA) is 91.8 Å². The Kier molecular flexibility index (Phi) is 4.32. The molecule has 1 saturated heterocycles. The molecule has 3 aromatic heterocycles. The van der Waals surface area contributed by atoms with Gasteiger partial charge in [-0.3, -0.25) is 9.48 Å². The van der Waals surface area contributed by atoms with Gasteiger partial charge in [0.25, 0.3) is 5.56 Å². The quantitative estimate of drug-likeness (QED) is 0.767. The molecule has 4 rings (SSSR count). The van der Waals surface area contributed by atoms with Crippen LogP contribution in [0.3, 0.4) is 0 Å². The minimum Gasteiger partial charge on any atom is -0.338 e. The molecule has 0 radical (unpaired) electrons. The molecule has 0 atom stereocenters. The lowest BCUT2D eigenvalue weighted by atomic mass is 10.00. The van der Waals surface area contributed by atoms with Crippen LogP contribution in [0.4, 0.5) is 0 Å². The third kappa shape index (κ3) is 2.72. The van der Waals surface area contributed by atoms with Crippen molar-refractivity contribution in [3.8, 4) is 17.3 Å². The van der Waals surface area contributed by atoms with Gasteiger partial charge in [-0.15, -0.1) is 0 Å². The Bertz CT molecular complexity index is 1050. The van der Waals surface area contributed by atoms with Gasteiger partial charge in [0.05, 0.1) is 24.1 Å². The second kappa shape index (κ2) is 6.65. The lowest BCUT2D eigenvalue weighted by Crippen LogP contribution is -2.22. The predicted octanol–water partition coefficient (Wildman–Crippen LogP) is 2.95. The molecule has 0 unspecified atom stereocenters. The van der Waals surface area contributed by atoms with Crippen LogP contribution in [0.2, 0.25) is 0 Å². The molecule has 0 aliphatic carbocycles. The minimum atomic E-state index is -0.188. The summed E-state index contributed by atoms with van der Waals surface area (Å²) in [6.07, 6.45) is 7.46. The monoisotopic (exact) mass is 368 g/mol. The van der Waals surface area contributed by atoms with Crippen molar-refractivity contribution in [1.82, 2.24) is 24.4 Å². The van der Waals surface area contributed by atoms with E-state index in [1.807, 2.05) is 36.5 Å². The third-order valence-corrected chi connectivity index (χ3v) is 5.91. The van der Waals surface area contributed by atoms with Crippen molar-refractivity contribution in [3.63, 3.8) is 0 Å². The number of H-pyrrole nitrogens is 1. The van der Waals surface area contributed by atoms with E-state index < -0.39 is 0 Å². The molecule has 0 spiro atoms. The van der Waals surface area contributed by atoms with E-state index in [1.165, 1.54) is 10.7 Å². The largest absolute Gasteiger partial charge is 0.338 e. The van der Waals surface area contributed by atoms with E-state index in [0.717, 1.165) is 35.6 Å². The molecule has 4 heterocycles. The highest BCUT2D eigenvalue weighted by Crippen LogP contribution is 2.30. The summed E-state index contributed by atoms with van der Waals surface area (Å²) in [5.74, 6) is 2.32. The van der Waals surface area contributed by atoms with E-state index in [-0.39, 0.29) is 11.5 Å². The first-order valence-electron chi connectivity index (χ1n) is 8.76. The van der Waals surface area contributed by atoms with Gasteiger partial charge in [0, 0.05) is 17.3 Å². The number of hydrogen-bond acceptors (Lipinski definition) is 5. The van der Waals surface area contributed by atoms with E-state index >= 15 is 0 Å². The van der Waals surface area contributed by atoms with Crippen LogP contribution in [0.25, 0.3) is 16.9 Å². The molecular formula is C18H20N6OS. The first-order valence-corrected chi connectivity index (χ1v) is 9.92. The van der Waals surface area contributed by atoms with Crippen LogP contribution >= 0.6 is 11.8 Å². The first-order chi connectivity index (χ1) is 12.6. The second-order valence-corrected chi connectivity index (χ2v) is 8.08. The Labute approximate surface area is 155 Å². The summed E-state index contributed by atoms with van der Waals surface area (Å²) in [5.41, 5.74) is 2.85. The Hall–Kier alpha value is -2.53. The number of rotatable bonds is 3. The maximum atomic E-state index is 12.9. The number of aromatic nitrogens is 5. The number of hydrogen-bond donors (Lipinski definition) is 1. The van der Waals surface area contributed by atoms with Crippen LogP contribution in [0.5, 0.6) is 0 Å². The Morgan fingerprint density at radius 3 is 2.77 bits per heavy atom. The van der Waals surface area contributed by atoms with Gasteiger partial charge < -0.3 is 4.98 Å². The van der Waals surface area contributed by atoms with Gasteiger partial charge in [-0.25, -0.2) is 0 Å². The molecule has 0 amide bonds. The number of fused-ring (bicyclic) bond motifs is 1. The van der Waals surface area contributed by atoms with E-state index in [2.05, 4.69) is 21.3 Å². The lowest BCUT2D eigenvalue weighted by Gasteiger charge is -2.21. The van der Waals surface area contributed by atoms with Crippen molar-refractivity contribution >= 4 is 17.4 Å². The Morgan fingerprint density at radius 1 is 1.31 bits per heavy atom. The second-order valence-electron chi connectivity index (χ2n) is 6.86. The molecular weight excluding hydrogens is 348 g/mol. The fourth-order valence-electron chi connectivity index (χ4n) is 3.49. The average molecular weight is 368 g/mol. The zero-order valence-electron chi connectivity index (χ0n) is 14.8. The summed E-state index contributed by atoms with van der Waals surface area (Å²) in [5, 5.41) is 17.9. The number of nitrogens with one attached hydrogen (secondary N) is 1. The van der Waals surface area contributed by atoms with Crippen molar-refractivity contribution in [2.24, 2.45) is 0 Å². The highest BCUT2D eigenvalue weighted by Gasteiger charge is 2.22. The van der Waals surface area contributed by atoms with Crippen LogP contribution in [-0.4, -0.2) is 35.9 Å². The summed E-state index contributed by atoms with van der Waals surface area (Å²) >= 11 is 1.98. The van der Waals surface area contributed by atoms with Crippen LogP contribution in [0.15, 0.2) is 23.4 Å². The summed E-state index contributed by atoms with van der Waals surface area (Å²) in [4.78, 5) is 16.2. The smallest absolute Gasteiger partial charge is 0.278 e. The van der Waals surface area contributed by atoms with Crippen LogP contribution in [0, 0.1) is 11.3 Å². The van der Waals surface area contributed by atoms with Crippen molar-refractivity contribution in [2.75, 3.05) is 11.5 Å². The standard InChI is InChI=1S/C18H20N6OS/c1-11(2)15-16(22-17-12(7-19)8-21-24(17)18(15)25)13-9-20-23(10-13)14-3-5-26-6-4-14/h8-11,14,22H,3-6H2,1-2H3. The number of aromatic amines is 1. The molecule has 1 aliphatic rings. The number of thioether (sulfide) groups is 1. The van der Waals surface area contributed by atoms with E-state index in [4.69, 9.17) is 0 Å². The lowest BCUT2D eigenvalue weighted by molar-refractivity contribution is 0.427. The summed E-state index contributed by atoms with van der Waals surface area (Å²) in [7, 11) is 0. The van der Waals surface area contributed by atoms with E-state index in [0.29, 0.717) is 22.8 Å². The fourth-order valence-corrected chi connectivity index (χ4v) is 4.57. The number of nitrogens with zero attached hydrogens (tertiary/aromatic N) is 5. The van der Waals surface area contributed by atoms with Crippen LogP contribution in [-0.2, 0) is 0 Å². The summed E-state index contributed by atoms with van der Waals surface area (Å²) in [6.45, 7) is 3.97. The molecule has 0 aromatic carbocycles. The Morgan fingerprint density at radius 2 is 2.08 bits per heavy atom. The molecule has 7 nitrogen and oxygen atoms in total. The molecule has 1 N–H and O–H groups in total. The van der Waals surface area contributed by atoms with Gasteiger partial charge in [0.1, 0.15) is 11.6 Å².